The van der Waals surface area contributed by atoms with Gasteiger partial charge in [-0.3, -0.25) is 5.32 Å². The van der Waals surface area contributed by atoms with Gasteiger partial charge in [0.25, 0.3) is 0 Å². The maximum absolute atomic E-state index is 14.0. The lowest BCUT2D eigenvalue weighted by Crippen LogP contribution is -2.43. The third kappa shape index (κ3) is 3.27. The number of halogens is 2. The monoisotopic (exact) mass is 300 g/mol. The molecule has 0 spiro atoms. The van der Waals surface area contributed by atoms with Crippen molar-refractivity contribution in [2.24, 2.45) is 0 Å². The lowest BCUT2D eigenvalue weighted by Gasteiger charge is -2.37. The number of nitrogens with zero attached hydrogens (tertiary/aromatic N) is 1. The number of rotatable bonds is 2. The zero-order chi connectivity index (χ0) is 14.9. The van der Waals surface area contributed by atoms with Crippen LogP contribution in [0.15, 0.2) is 12.1 Å². The number of nitrogens with one attached hydrogen (secondary N) is 1. The van der Waals surface area contributed by atoms with Gasteiger partial charge >= 0.3 is 6.09 Å². The summed E-state index contributed by atoms with van der Waals surface area (Å²) in [4.78, 5) is 12.2. The summed E-state index contributed by atoms with van der Waals surface area (Å²) in [6.45, 7) is 5.85. The van der Waals surface area contributed by atoms with Crippen LogP contribution in [0.2, 0.25) is 25.2 Å². The van der Waals surface area contributed by atoms with Gasteiger partial charge in [0.1, 0.15) is 5.69 Å². The molecule has 1 aliphatic rings. The van der Waals surface area contributed by atoms with Crippen molar-refractivity contribution in [3.8, 4) is 0 Å². The quantitative estimate of drug-likeness (QED) is 0.821. The predicted molar refractivity (Wildman–Crippen MR) is 77.3 cm³/mol. The van der Waals surface area contributed by atoms with Crippen LogP contribution in [0, 0.1) is 11.6 Å². The predicted octanol–water partition coefficient (Wildman–Crippen LogP) is 3.58. The Balaban J connectivity index is 2.23. The fraction of sp³-hybridized carbons (Fsp3) is 0.462. The molecule has 7 heteroatoms. The molecule has 0 bridgehead atoms. The highest BCUT2D eigenvalue weighted by molar-refractivity contribution is 6.77. The van der Waals surface area contributed by atoms with Gasteiger partial charge in [-0.25, -0.2) is 13.6 Å². The van der Waals surface area contributed by atoms with Crippen LogP contribution >= 0.6 is 0 Å². The van der Waals surface area contributed by atoms with Crippen molar-refractivity contribution in [3.05, 3.63) is 23.8 Å². The summed E-state index contributed by atoms with van der Waals surface area (Å²) in [7, 11) is -1.21. The Labute approximate surface area is 117 Å². The van der Waals surface area contributed by atoms with E-state index in [9.17, 15) is 13.6 Å². The van der Waals surface area contributed by atoms with Crippen molar-refractivity contribution in [2.75, 3.05) is 23.3 Å². The van der Waals surface area contributed by atoms with Crippen LogP contribution < -0.4 is 10.2 Å². The second-order valence-corrected chi connectivity index (χ2v) is 11.2. The van der Waals surface area contributed by atoms with Gasteiger partial charge < -0.3 is 10.0 Å². The Kier molecular flexibility index (Phi) is 3.98. The average molecular weight is 300 g/mol. The summed E-state index contributed by atoms with van der Waals surface area (Å²) in [6.07, 6.45) is -1.35. The van der Waals surface area contributed by atoms with Crippen LogP contribution in [0.5, 0.6) is 0 Å². The second-order valence-electron chi connectivity index (χ2n) is 5.87. The van der Waals surface area contributed by atoms with Gasteiger partial charge in [-0.15, -0.1) is 0 Å². The van der Waals surface area contributed by atoms with Crippen LogP contribution in [0.4, 0.5) is 25.0 Å². The molecular formula is C13H18F2N2O2Si. The highest BCUT2D eigenvalue weighted by atomic mass is 28.3. The summed E-state index contributed by atoms with van der Waals surface area (Å²) < 4.78 is 28.1. The molecule has 0 saturated carbocycles. The SMILES string of the molecule is C[Si]1(C)CCN(c2c(F)cc(NC(=O)O)cc2F)CC1. The van der Waals surface area contributed by atoms with Crippen molar-refractivity contribution in [3.63, 3.8) is 0 Å². The molecule has 1 heterocycles. The van der Waals surface area contributed by atoms with Crippen molar-refractivity contribution >= 4 is 25.5 Å². The minimum Gasteiger partial charge on any atom is -0.465 e. The van der Waals surface area contributed by atoms with Gasteiger partial charge in [-0.05, 0) is 24.2 Å². The third-order valence-corrected chi connectivity index (χ3v) is 6.86. The summed E-state index contributed by atoms with van der Waals surface area (Å²) in [5, 5.41) is 10.5. The number of anilines is 2. The van der Waals surface area contributed by atoms with Gasteiger partial charge in [-0.2, -0.15) is 0 Å². The molecule has 2 rings (SSSR count). The van der Waals surface area contributed by atoms with Gasteiger partial charge in [0.15, 0.2) is 11.6 Å². The van der Waals surface area contributed by atoms with E-state index in [0.29, 0.717) is 13.1 Å². The van der Waals surface area contributed by atoms with Crippen molar-refractivity contribution in [1.29, 1.82) is 0 Å². The van der Waals surface area contributed by atoms with E-state index in [1.54, 1.807) is 4.90 Å². The topological polar surface area (TPSA) is 52.6 Å². The van der Waals surface area contributed by atoms with Crippen LogP contribution in [-0.2, 0) is 0 Å². The molecule has 0 aliphatic carbocycles. The number of carbonyl (C=O) groups is 1. The normalized spacial score (nSPS) is 17.9. The lowest BCUT2D eigenvalue weighted by molar-refractivity contribution is 0.209. The summed E-state index contributed by atoms with van der Waals surface area (Å²) in [6, 6.07) is 4.04. The van der Waals surface area contributed by atoms with E-state index in [1.807, 2.05) is 5.32 Å². The largest absolute Gasteiger partial charge is 0.465 e. The Morgan fingerprint density at radius 3 is 2.20 bits per heavy atom. The Morgan fingerprint density at radius 2 is 1.75 bits per heavy atom. The Morgan fingerprint density at radius 1 is 1.25 bits per heavy atom. The molecular weight excluding hydrogens is 282 g/mol. The van der Waals surface area contributed by atoms with Gasteiger partial charge in [0.05, 0.1) is 8.07 Å². The molecule has 1 aromatic carbocycles. The molecule has 1 aromatic rings. The van der Waals surface area contributed by atoms with Crippen LogP contribution in [0.25, 0.3) is 0 Å². The first-order valence-corrected chi connectivity index (χ1v) is 9.94. The third-order valence-electron chi connectivity index (χ3n) is 3.70. The summed E-state index contributed by atoms with van der Waals surface area (Å²) in [5.41, 5.74) is -0.145. The van der Waals surface area contributed by atoms with Crippen LogP contribution in [-0.4, -0.2) is 32.4 Å². The molecule has 4 nitrogen and oxygen atoms in total. The summed E-state index contributed by atoms with van der Waals surface area (Å²) in [5.74, 6) is -1.45. The molecule has 1 saturated heterocycles. The molecule has 110 valence electrons. The first kappa shape index (κ1) is 14.8. The van der Waals surface area contributed by atoms with E-state index in [4.69, 9.17) is 5.11 Å². The number of hydrogen-bond donors (Lipinski definition) is 2. The molecule has 0 unspecified atom stereocenters. The molecule has 0 atom stereocenters. The van der Waals surface area contributed by atoms with E-state index < -0.39 is 25.8 Å². The minimum atomic E-state index is -1.35. The minimum absolute atomic E-state index is 0.0505. The number of carboxylic acid groups (broad SMARTS) is 1. The molecule has 0 radical (unpaired) electrons. The maximum Gasteiger partial charge on any atom is 0.409 e. The van der Waals surface area contributed by atoms with Gasteiger partial charge in [0, 0.05) is 18.8 Å². The van der Waals surface area contributed by atoms with E-state index in [1.165, 1.54) is 0 Å². The maximum atomic E-state index is 14.0. The zero-order valence-electron chi connectivity index (χ0n) is 11.5. The fourth-order valence-corrected chi connectivity index (χ4v) is 4.40. The number of hydrogen-bond acceptors (Lipinski definition) is 2. The number of amides is 1. The number of benzene rings is 1. The zero-order valence-corrected chi connectivity index (χ0v) is 12.5. The highest BCUT2D eigenvalue weighted by Crippen LogP contribution is 2.31. The molecule has 1 fully saturated rings. The van der Waals surface area contributed by atoms with Crippen molar-refractivity contribution in [1.82, 2.24) is 0 Å². The summed E-state index contributed by atoms with van der Waals surface area (Å²) >= 11 is 0. The van der Waals surface area contributed by atoms with Gasteiger partial charge in [-0.1, -0.05) is 13.1 Å². The lowest BCUT2D eigenvalue weighted by atomic mass is 10.2. The Hall–Kier alpha value is -1.63. The standard InChI is InChI=1S/C13H18F2N2O2Si/c1-20(2)5-3-17(4-6-20)12-10(14)7-9(8-11(12)15)16-13(18)19/h7-8,16H,3-6H2,1-2H3,(H,18,19). The van der Waals surface area contributed by atoms with E-state index in [0.717, 1.165) is 24.2 Å². The smallest absolute Gasteiger partial charge is 0.409 e. The van der Waals surface area contributed by atoms with Crippen LogP contribution in [0.3, 0.4) is 0 Å². The second kappa shape index (κ2) is 5.39. The Bertz CT molecular complexity index is 504. The van der Waals surface area contributed by atoms with Gasteiger partial charge in [0.2, 0.25) is 0 Å². The molecule has 1 aliphatic heterocycles. The van der Waals surface area contributed by atoms with E-state index in [2.05, 4.69) is 13.1 Å². The van der Waals surface area contributed by atoms with Crippen LogP contribution in [0.1, 0.15) is 0 Å². The van der Waals surface area contributed by atoms with E-state index in [-0.39, 0.29) is 11.4 Å². The molecule has 2 N–H and O–H groups in total. The first-order chi connectivity index (χ1) is 9.28. The highest BCUT2D eigenvalue weighted by Gasteiger charge is 2.29. The molecule has 20 heavy (non-hydrogen) atoms. The fourth-order valence-electron chi connectivity index (χ4n) is 2.40. The van der Waals surface area contributed by atoms with E-state index >= 15 is 0 Å². The van der Waals surface area contributed by atoms with Crippen molar-refractivity contribution < 1.29 is 18.7 Å². The first-order valence-electron chi connectivity index (χ1n) is 6.52. The molecule has 1 amide bonds. The molecule has 0 aromatic heterocycles. The average Bonchev–Trinajstić information content (AvgIpc) is 2.29. The van der Waals surface area contributed by atoms with Crippen molar-refractivity contribution in [2.45, 2.75) is 25.2 Å².